The van der Waals surface area contributed by atoms with Crippen LogP contribution < -0.4 is 21.1 Å². The molecule has 218 valence electrons. The van der Waals surface area contributed by atoms with Crippen molar-refractivity contribution in [1.82, 2.24) is 30.3 Å². The van der Waals surface area contributed by atoms with Gasteiger partial charge in [-0.05, 0) is 48.2 Å². The van der Waals surface area contributed by atoms with Gasteiger partial charge in [-0.1, -0.05) is 36.4 Å². The number of nitrogen functional groups attached to an aromatic ring is 1. The maximum absolute atomic E-state index is 13.1. The molecular weight excluding hydrogens is 534 g/mol. The van der Waals surface area contributed by atoms with E-state index in [4.69, 9.17) is 10.5 Å². The van der Waals surface area contributed by atoms with Crippen LogP contribution in [0.15, 0.2) is 73.2 Å². The first kappa shape index (κ1) is 28.8. The predicted molar refractivity (Wildman–Crippen MR) is 160 cm³/mol. The molecule has 1 saturated heterocycles. The van der Waals surface area contributed by atoms with Crippen LogP contribution in [-0.4, -0.2) is 68.6 Å². The van der Waals surface area contributed by atoms with Crippen molar-refractivity contribution in [2.75, 3.05) is 25.4 Å². The molecule has 1 aliphatic heterocycles. The van der Waals surface area contributed by atoms with E-state index >= 15 is 0 Å². The predicted octanol–water partition coefficient (Wildman–Crippen LogP) is 3.20. The highest BCUT2D eigenvalue weighted by Gasteiger charge is 2.29. The maximum atomic E-state index is 13.1. The van der Waals surface area contributed by atoms with Gasteiger partial charge in [0.25, 0.3) is 5.91 Å². The van der Waals surface area contributed by atoms with Gasteiger partial charge in [-0.2, -0.15) is 5.10 Å². The van der Waals surface area contributed by atoms with Crippen LogP contribution in [-0.2, 0) is 13.6 Å². The maximum Gasteiger partial charge on any atom is 0.415 e. The molecule has 42 heavy (non-hydrogen) atoms. The highest BCUT2D eigenvalue weighted by molar-refractivity contribution is 5.99. The van der Waals surface area contributed by atoms with Crippen molar-refractivity contribution < 1.29 is 19.4 Å². The van der Waals surface area contributed by atoms with E-state index in [1.54, 1.807) is 34.1 Å². The standard InChI is InChI=1S/C31H35N7O4/c1-20(19-39)33-14-21-6-8-22(9-7-21)23-4-3-5-27(12-23)42-31(41)38-11-10-26(18-38)36-30(40)28-13-24(15-34-29(28)32)25-16-35-37(2)17-25/h3-9,12-13,15-17,20,26,33,39H,10-11,14,18-19H2,1-2H3,(H2,32,34)(H,36,40)/t20-,26-/m1/s1. The second kappa shape index (κ2) is 12.8. The summed E-state index contributed by atoms with van der Waals surface area (Å²) >= 11 is 0. The first-order valence-electron chi connectivity index (χ1n) is 13.8. The average Bonchev–Trinajstić information content (AvgIpc) is 3.65. The third-order valence-electron chi connectivity index (χ3n) is 7.24. The number of nitrogens with one attached hydrogen (secondary N) is 2. The number of aliphatic hydroxyl groups is 1. The van der Waals surface area contributed by atoms with Crippen molar-refractivity contribution in [2.45, 2.75) is 32.0 Å². The fourth-order valence-electron chi connectivity index (χ4n) is 4.77. The minimum Gasteiger partial charge on any atom is -0.410 e. The zero-order valence-electron chi connectivity index (χ0n) is 23.7. The van der Waals surface area contributed by atoms with E-state index in [1.807, 2.05) is 62.6 Å². The van der Waals surface area contributed by atoms with Crippen molar-refractivity contribution in [1.29, 1.82) is 0 Å². The summed E-state index contributed by atoms with van der Waals surface area (Å²) in [5.74, 6) is 0.235. The third-order valence-corrected chi connectivity index (χ3v) is 7.24. The number of pyridine rings is 1. The zero-order valence-corrected chi connectivity index (χ0v) is 23.7. The van der Waals surface area contributed by atoms with Gasteiger partial charge < -0.3 is 31.1 Å². The number of ether oxygens (including phenoxy) is 1. The molecule has 3 heterocycles. The minimum atomic E-state index is -0.469. The van der Waals surface area contributed by atoms with Crippen molar-refractivity contribution >= 4 is 17.8 Å². The number of carbonyl (C=O) groups excluding carboxylic acids is 2. The Kier molecular flexibility index (Phi) is 8.80. The number of amides is 2. The number of likely N-dealkylation sites (tertiary alicyclic amines) is 1. The van der Waals surface area contributed by atoms with E-state index in [0.717, 1.165) is 27.8 Å². The molecular formula is C31H35N7O4. The first-order valence-corrected chi connectivity index (χ1v) is 13.8. The van der Waals surface area contributed by atoms with Gasteiger partial charge >= 0.3 is 6.09 Å². The van der Waals surface area contributed by atoms with Crippen LogP contribution in [0, 0.1) is 0 Å². The molecule has 0 bridgehead atoms. The Morgan fingerprint density at radius 3 is 2.64 bits per heavy atom. The van der Waals surface area contributed by atoms with Crippen LogP contribution in [0.4, 0.5) is 10.6 Å². The van der Waals surface area contributed by atoms with E-state index in [0.29, 0.717) is 31.8 Å². The highest BCUT2D eigenvalue weighted by atomic mass is 16.6. The molecule has 0 radical (unpaired) electrons. The topological polar surface area (TPSA) is 148 Å². The molecule has 4 aromatic rings. The van der Waals surface area contributed by atoms with E-state index in [2.05, 4.69) is 20.7 Å². The number of benzene rings is 2. The van der Waals surface area contributed by atoms with Crippen LogP contribution in [0.1, 0.15) is 29.3 Å². The molecule has 2 amide bonds. The molecule has 5 N–H and O–H groups in total. The SMILES string of the molecule is C[C@H](CO)NCc1ccc(-c2cccc(OC(=O)N3CC[C@@H](NC(=O)c4cc(-c5cnn(C)c5)cnc4N)C3)c2)cc1. The van der Waals surface area contributed by atoms with Crippen LogP contribution in [0.2, 0.25) is 0 Å². The second-order valence-corrected chi connectivity index (χ2v) is 10.5. The lowest BCUT2D eigenvalue weighted by atomic mass is 10.0. The first-order chi connectivity index (χ1) is 20.3. The Bertz CT molecular complexity index is 1550. The number of nitrogens with two attached hydrogens (primary N) is 1. The van der Waals surface area contributed by atoms with E-state index in [-0.39, 0.29) is 36.0 Å². The number of rotatable bonds is 9. The van der Waals surface area contributed by atoms with Gasteiger partial charge in [0.15, 0.2) is 0 Å². The fraction of sp³-hybridized carbons (Fsp3) is 0.290. The number of aryl methyl sites for hydroxylation is 1. The van der Waals surface area contributed by atoms with Gasteiger partial charge in [-0.3, -0.25) is 9.48 Å². The molecule has 0 unspecified atom stereocenters. The summed E-state index contributed by atoms with van der Waals surface area (Å²) in [4.78, 5) is 31.8. The molecule has 1 aliphatic rings. The number of aromatic nitrogens is 3. The largest absolute Gasteiger partial charge is 0.415 e. The smallest absolute Gasteiger partial charge is 0.410 e. The Morgan fingerprint density at radius 1 is 1.10 bits per heavy atom. The number of anilines is 1. The number of aliphatic hydroxyl groups excluding tert-OH is 1. The van der Waals surface area contributed by atoms with Crippen molar-refractivity contribution in [3.63, 3.8) is 0 Å². The summed E-state index contributed by atoms with van der Waals surface area (Å²) in [5, 5.41) is 19.6. The lowest BCUT2D eigenvalue weighted by Crippen LogP contribution is -2.39. The molecule has 5 rings (SSSR count). The summed E-state index contributed by atoms with van der Waals surface area (Å²) in [7, 11) is 1.82. The third kappa shape index (κ3) is 6.93. The van der Waals surface area contributed by atoms with E-state index in [9.17, 15) is 14.7 Å². The van der Waals surface area contributed by atoms with Crippen LogP contribution in [0.3, 0.4) is 0 Å². The molecule has 1 fully saturated rings. The number of hydrogen-bond acceptors (Lipinski definition) is 8. The zero-order chi connectivity index (χ0) is 29.6. The normalized spacial score (nSPS) is 15.4. The molecule has 2 atom stereocenters. The van der Waals surface area contributed by atoms with E-state index in [1.165, 1.54) is 0 Å². The number of hydrogen-bond donors (Lipinski definition) is 4. The Balaban J connectivity index is 1.16. The Labute approximate surface area is 244 Å². The van der Waals surface area contributed by atoms with Gasteiger partial charge in [0, 0.05) is 62.3 Å². The molecule has 11 heteroatoms. The summed E-state index contributed by atoms with van der Waals surface area (Å²) in [5.41, 5.74) is 10.9. The Hall–Kier alpha value is -4.74. The summed E-state index contributed by atoms with van der Waals surface area (Å²) in [6.45, 7) is 3.46. The summed E-state index contributed by atoms with van der Waals surface area (Å²) in [6.07, 6.45) is 5.26. The summed E-state index contributed by atoms with van der Waals surface area (Å²) < 4.78 is 7.36. The van der Waals surface area contributed by atoms with Gasteiger partial charge in [-0.25, -0.2) is 9.78 Å². The highest BCUT2D eigenvalue weighted by Crippen LogP contribution is 2.26. The molecule has 0 spiro atoms. The molecule has 2 aromatic heterocycles. The van der Waals surface area contributed by atoms with E-state index < -0.39 is 6.09 Å². The van der Waals surface area contributed by atoms with Crippen LogP contribution in [0.5, 0.6) is 5.75 Å². The average molecular weight is 570 g/mol. The van der Waals surface area contributed by atoms with Crippen LogP contribution >= 0.6 is 0 Å². The minimum absolute atomic E-state index is 0.0317. The van der Waals surface area contributed by atoms with Gasteiger partial charge in [0.1, 0.15) is 11.6 Å². The second-order valence-electron chi connectivity index (χ2n) is 10.5. The number of carbonyl (C=O) groups is 2. The lowest BCUT2D eigenvalue weighted by molar-refractivity contribution is 0.0937. The van der Waals surface area contributed by atoms with Gasteiger partial charge in [0.2, 0.25) is 0 Å². The molecule has 11 nitrogen and oxygen atoms in total. The Morgan fingerprint density at radius 2 is 1.90 bits per heavy atom. The number of nitrogens with zero attached hydrogens (tertiary/aromatic N) is 4. The van der Waals surface area contributed by atoms with Crippen molar-refractivity contribution in [3.8, 4) is 28.0 Å². The molecule has 2 aromatic carbocycles. The monoisotopic (exact) mass is 569 g/mol. The van der Waals surface area contributed by atoms with Crippen molar-refractivity contribution in [2.24, 2.45) is 7.05 Å². The van der Waals surface area contributed by atoms with Crippen molar-refractivity contribution in [3.05, 3.63) is 84.3 Å². The van der Waals surface area contributed by atoms with Crippen LogP contribution in [0.25, 0.3) is 22.3 Å². The summed E-state index contributed by atoms with van der Waals surface area (Å²) in [6, 6.07) is 17.0. The lowest BCUT2D eigenvalue weighted by Gasteiger charge is -2.17. The molecule has 0 saturated carbocycles. The van der Waals surface area contributed by atoms with Gasteiger partial charge in [0.05, 0.1) is 18.4 Å². The fourth-order valence-corrected chi connectivity index (χ4v) is 4.77. The quantitative estimate of drug-likeness (QED) is 0.240. The molecule has 0 aliphatic carbocycles. The van der Waals surface area contributed by atoms with Gasteiger partial charge in [-0.15, -0.1) is 0 Å².